The number of aryl methyl sites for hydroxylation is 1. The molecule has 0 aliphatic rings. The maximum atomic E-state index is 13.2. The molecule has 19 heavy (non-hydrogen) atoms. The average Bonchev–Trinajstić information content (AvgIpc) is 2.33. The largest absolute Gasteiger partial charge is 0.377 e. The molecule has 2 rings (SSSR count). The third kappa shape index (κ3) is 3.62. The molecule has 0 aliphatic carbocycles. The molecule has 1 heterocycles. The Kier molecular flexibility index (Phi) is 4.29. The number of rotatable bonds is 4. The predicted octanol–water partition coefficient (Wildman–Crippen LogP) is 3.47. The highest BCUT2D eigenvalue weighted by atomic mass is 35.5. The van der Waals surface area contributed by atoms with E-state index >= 15 is 0 Å². The van der Waals surface area contributed by atoms with E-state index < -0.39 is 0 Å². The van der Waals surface area contributed by atoms with Crippen LogP contribution in [-0.4, -0.2) is 17.1 Å². The van der Waals surface area contributed by atoms with Crippen LogP contribution in [0.5, 0.6) is 0 Å². The maximum Gasteiger partial charge on any atom is 0.158 e. The molecule has 0 atom stereocenters. The number of methoxy groups -OCH3 is 1. The summed E-state index contributed by atoms with van der Waals surface area (Å²) in [6.07, 6.45) is 0. The molecule has 4 nitrogen and oxygen atoms in total. The number of nitrogens with one attached hydrogen (secondary N) is 1. The van der Waals surface area contributed by atoms with Crippen molar-refractivity contribution in [2.45, 2.75) is 13.5 Å². The summed E-state index contributed by atoms with van der Waals surface area (Å²) in [5.74, 6) is 0.778. The minimum atomic E-state index is -0.244. The first kappa shape index (κ1) is 13.7. The summed E-state index contributed by atoms with van der Waals surface area (Å²) in [7, 11) is 1.56. The third-order valence-electron chi connectivity index (χ3n) is 2.44. The van der Waals surface area contributed by atoms with Gasteiger partial charge in [-0.2, -0.15) is 0 Å². The van der Waals surface area contributed by atoms with Gasteiger partial charge in [0.05, 0.1) is 0 Å². The topological polar surface area (TPSA) is 47.0 Å². The Labute approximate surface area is 115 Å². The van der Waals surface area contributed by atoms with Crippen molar-refractivity contribution in [3.8, 4) is 0 Å². The van der Waals surface area contributed by atoms with Gasteiger partial charge in [0.2, 0.25) is 0 Å². The lowest BCUT2D eigenvalue weighted by Gasteiger charge is -2.08. The maximum absolute atomic E-state index is 13.2. The summed E-state index contributed by atoms with van der Waals surface area (Å²) in [6.45, 7) is 1.97. The van der Waals surface area contributed by atoms with Crippen LogP contribution in [0.15, 0.2) is 24.3 Å². The fourth-order valence-electron chi connectivity index (χ4n) is 1.59. The molecule has 0 saturated heterocycles. The van der Waals surface area contributed by atoms with Crippen LogP contribution in [0.3, 0.4) is 0 Å². The third-order valence-corrected chi connectivity index (χ3v) is 2.64. The molecule has 6 heteroatoms. The number of halogens is 2. The molecule has 0 bridgehead atoms. The molecule has 0 saturated carbocycles. The van der Waals surface area contributed by atoms with E-state index in [1.165, 1.54) is 6.07 Å². The van der Waals surface area contributed by atoms with Crippen molar-refractivity contribution in [1.29, 1.82) is 0 Å². The molecule has 0 spiro atoms. The quantitative estimate of drug-likeness (QED) is 0.872. The van der Waals surface area contributed by atoms with Crippen molar-refractivity contribution >= 4 is 23.1 Å². The summed E-state index contributed by atoms with van der Waals surface area (Å²) < 4.78 is 18.1. The number of benzene rings is 1. The Morgan fingerprint density at radius 1 is 1.32 bits per heavy atom. The van der Waals surface area contributed by atoms with Gasteiger partial charge in [0, 0.05) is 18.9 Å². The molecule has 0 unspecified atom stereocenters. The van der Waals surface area contributed by atoms with E-state index in [0.29, 0.717) is 22.4 Å². The number of aromatic nitrogens is 2. The van der Waals surface area contributed by atoms with Crippen LogP contribution in [0.4, 0.5) is 15.9 Å². The first-order chi connectivity index (χ1) is 9.08. The first-order valence-corrected chi connectivity index (χ1v) is 6.02. The SMILES string of the molecule is COCc1nc(Cl)cc(Nc2ccc(F)c(C)c2)n1. The molecule has 0 amide bonds. The van der Waals surface area contributed by atoms with Crippen molar-refractivity contribution in [3.63, 3.8) is 0 Å². The molecule has 1 aromatic carbocycles. The molecule has 100 valence electrons. The fraction of sp³-hybridized carbons (Fsp3) is 0.231. The average molecular weight is 282 g/mol. The zero-order valence-electron chi connectivity index (χ0n) is 10.6. The van der Waals surface area contributed by atoms with Crippen molar-refractivity contribution in [1.82, 2.24) is 9.97 Å². The van der Waals surface area contributed by atoms with Gasteiger partial charge >= 0.3 is 0 Å². The number of ether oxygens (including phenoxy) is 1. The Bertz CT molecular complexity index is 592. The fourth-order valence-corrected chi connectivity index (χ4v) is 1.79. The molecule has 1 N–H and O–H groups in total. The van der Waals surface area contributed by atoms with Crippen molar-refractivity contribution < 1.29 is 9.13 Å². The van der Waals surface area contributed by atoms with Crippen LogP contribution in [0.25, 0.3) is 0 Å². The Morgan fingerprint density at radius 3 is 2.79 bits per heavy atom. The lowest BCUT2D eigenvalue weighted by molar-refractivity contribution is 0.178. The smallest absolute Gasteiger partial charge is 0.158 e. The van der Waals surface area contributed by atoms with Gasteiger partial charge < -0.3 is 10.1 Å². The molecular formula is C13H13ClFN3O. The molecule has 0 radical (unpaired) electrons. The van der Waals surface area contributed by atoms with Crippen molar-refractivity contribution in [3.05, 3.63) is 46.6 Å². The van der Waals surface area contributed by atoms with Gasteiger partial charge in [-0.15, -0.1) is 0 Å². The predicted molar refractivity (Wildman–Crippen MR) is 72.2 cm³/mol. The summed E-state index contributed by atoms with van der Waals surface area (Å²) in [5.41, 5.74) is 1.29. The van der Waals surface area contributed by atoms with Gasteiger partial charge in [-0.05, 0) is 30.7 Å². The van der Waals surface area contributed by atoms with E-state index in [2.05, 4.69) is 15.3 Å². The van der Waals surface area contributed by atoms with Gasteiger partial charge in [-0.1, -0.05) is 11.6 Å². The second-order valence-corrected chi connectivity index (χ2v) is 4.40. The Balaban J connectivity index is 2.24. The normalized spacial score (nSPS) is 10.5. The molecular weight excluding hydrogens is 269 g/mol. The van der Waals surface area contributed by atoms with Gasteiger partial charge in [0.1, 0.15) is 23.4 Å². The van der Waals surface area contributed by atoms with E-state index in [-0.39, 0.29) is 12.4 Å². The minimum Gasteiger partial charge on any atom is -0.377 e. The molecule has 0 fully saturated rings. The number of anilines is 2. The zero-order chi connectivity index (χ0) is 13.8. The van der Waals surface area contributed by atoms with Crippen molar-refractivity contribution in [2.24, 2.45) is 0 Å². The van der Waals surface area contributed by atoms with Crippen LogP contribution in [0, 0.1) is 12.7 Å². The number of nitrogens with zero attached hydrogens (tertiary/aromatic N) is 2. The van der Waals surface area contributed by atoms with Gasteiger partial charge in [0.15, 0.2) is 5.82 Å². The molecule has 0 aliphatic heterocycles. The lowest BCUT2D eigenvalue weighted by Crippen LogP contribution is -2.02. The minimum absolute atomic E-state index is 0.244. The monoisotopic (exact) mass is 281 g/mol. The summed E-state index contributed by atoms with van der Waals surface area (Å²) >= 11 is 5.90. The summed E-state index contributed by atoms with van der Waals surface area (Å²) in [5, 5.41) is 3.38. The first-order valence-electron chi connectivity index (χ1n) is 5.64. The van der Waals surface area contributed by atoms with E-state index in [9.17, 15) is 4.39 Å². The van der Waals surface area contributed by atoms with E-state index in [1.807, 2.05) is 0 Å². The Morgan fingerprint density at radius 2 is 2.11 bits per heavy atom. The van der Waals surface area contributed by atoms with Crippen LogP contribution in [-0.2, 0) is 11.3 Å². The van der Waals surface area contributed by atoms with Gasteiger partial charge in [0.25, 0.3) is 0 Å². The second kappa shape index (κ2) is 5.95. The molecule has 1 aromatic heterocycles. The number of hydrogen-bond acceptors (Lipinski definition) is 4. The van der Waals surface area contributed by atoms with Gasteiger partial charge in [-0.25, -0.2) is 14.4 Å². The van der Waals surface area contributed by atoms with Gasteiger partial charge in [-0.3, -0.25) is 0 Å². The zero-order valence-corrected chi connectivity index (χ0v) is 11.3. The van der Waals surface area contributed by atoms with Crippen LogP contribution >= 0.6 is 11.6 Å². The van der Waals surface area contributed by atoms with E-state index in [1.54, 1.807) is 32.2 Å². The Hall–Kier alpha value is -1.72. The lowest BCUT2D eigenvalue weighted by atomic mass is 10.2. The van der Waals surface area contributed by atoms with Crippen LogP contribution in [0.2, 0.25) is 5.15 Å². The summed E-state index contributed by atoms with van der Waals surface area (Å²) in [4.78, 5) is 8.27. The highest BCUT2D eigenvalue weighted by Gasteiger charge is 2.05. The highest BCUT2D eigenvalue weighted by molar-refractivity contribution is 6.29. The van der Waals surface area contributed by atoms with Crippen molar-refractivity contribution in [2.75, 3.05) is 12.4 Å². The van der Waals surface area contributed by atoms with E-state index in [0.717, 1.165) is 5.69 Å². The van der Waals surface area contributed by atoms with Crippen LogP contribution in [0.1, 0.15) is 11.4 Å². The summed E-state index contributed by atoms with van der Waals surface area (Å²) in [6, 6.07) is 6.33. The standard InChI is InChI=1S/C13H13ClFN3O/c1-8-5-9(3-4-10(8)15)16-12-6-11(14)17-13(18-12)7-19-2/h3-6H,7H2,1-2H3,(H,16,17,18). The van der Waals surface area contributed by atoms with Crippen LogP contribution < -0.4 is 5.32 Å². The highest BCUT2D eigenvalue weighted by Crippen LogP contribution is 2.20. The second-order valence-electron chi connectivity index (χ2n) is 4.01. The van der Waals surface area contributed by atoms with E-state index in [4.69, 9.17) is 16.3 Å². The molecule has 2 aromatic rings. The number of hydrogen-bond donors (Lipinski definition) is 1.